The van der Waals surface area contributed by atoms with Crippen LogP contribution < -0.4 is 10.6 Å². The van der Waals surface area contributed by atoms with Gasteiger partial charge in [-0.05, 0) is 62.6 Å². The van der Waals surface area contributed by atoms with E-state index < -0.39 is 58.4 Å². The van der Waals surface area contributed by atoms with Crippen LogP contribution in [0.15, 0.2) is 91.1 Å². The van der Waals surface area contributed by atoms with Crippen molar-refractivity contribution in [1.82, 2.24) is 30.0 Å². The maximum Gasteiger partial charge on any atom is 0.410 e. The van der Waals surface area contributed by atoms with Crippen LogP contribution in [0.4, 0.5) is 13.6 Å². The number of imidazole rings is 1. The molecule has 58 heavy (non-hydrogen) atoms. The van der Waals surface area contributed by atoms with Crippen molar-refractivity contribution in [3.05, 3.63) is 125 Å². The molecule has 1 aromatic heterocycles. The molecule has 304 valence electrons. The highest BCUT2D eigenvalue weighted by Gasteiger charge is 2.39. The molecule has 0 spiro atoms. The maximum absolute atomic E-state index is 15.3. The zero-order valence-corrected chi connectivity index (χ0v) is 33.3. The molecular weight excluding hydrogens is 747 g/mol. The summed E-state index contributed by atoms with van der Waals surface area (Å²) in [5, 5.41) is 5.96. The topological polar surface area (TPSA) is 143 Å². The Morgan fingerprint density at radius 1 is 0.931 bits per heavy atom. The monoisotopic (exact) mass is 794 g/mol. The fraction of sp³-hybridized carbons (Fsp3) is 0.364. The highest BCUT2D eigenvalue weighted by atomic mass is 19.1. The molecule has 1 unspecified atom stereocenters. The van der Waals surface area contributed by atoms with Gasteiger partial charge in [0.25, 0.3) is 17.7 Å². The van der Waals surface area contributed by atoms with Gasteiger partial charge < -0.3 is 24.8 Å². The van der Waals surface area contributed by atoms with Crippen LogP contribution in [0.25, 0.3) is 11.3 Å². The zero-order chi connectivity index (χ0) is 41.8. The van der Waals surface area contributed by atoms with E-state index in [0.717, 1.165) is 34.2 Å². The number of carbonyl (C=O) groups excluding carboxylic acids is 5. The lowest BCUT2D eigenvalue weighted by Gasteiger charge is -2.35. The molecule has 3 heterocycles. The Balaban J connectivity index is 1.34. The number of likely N-dealkylation sites (tertiary alicyclic amines) is 1. The SMILES string of the molecule is CC(C)(C)OC(=O)N1CCC(c2ccccc2C(=O)N[C@@H](c2nc(-c3cc(F)ccc3F)cn2Cc2ccccc2)C(C)(C)CC(=O)NCCN2C(=O)C=CC2=O)C1. The van der Waals surface area contributed by atoms with Crippen LogP contribution in [0.2, 0.25) is 0 Å². The van der Waals surface area contributed by atoms with E-state index in [-0.39, 0.29) is 43.2 Å². The summed E-state index contributed by atoms with van der Waals surface area (Å²) in [7, 11) is 0. The van der Waals surface area contributed by atoms with Gasteiger partial charge in [-0.1, -0.05) is 62.4 Å². The average Bonchev–Trinajstić information content (AvgIpc) is 3.90. The number of benzene rings is 3. The Morgan fingerprint density at radius 2 is 1.62 bits per heavy atom. The molecule has 14 heteroatoms. The summed E-state index contributed by atoms with van der Waals surface area (Å²) < 4.78 is 37.1. The number of aromatic nitrogens is 2. The summed E-state index contributed by atoms with van der Waals surface area (Å²) in [6.45, 7) is 10.0. The largest absolute Gasteiger partial charge is 0.444 e. The van der Waals surface area contributed by atoms with Gasteiger partial charge in [-0.15, -0.1) is 0 Å². The van der Waals surface area contributed by atoms with Crippen molar-refractivity contribution < 1.29 is 37.5 Å². The number of imide groups is 1. The Labute approximate surface area is 336 Å². The second-order valence-electron chi connectivity index (χ2n) is 16.3. The molecule has 1 fully saturated rings. The molecule has 3 aromatic carbocycles. The summed E-state index contributed by atoms with van der Waals surface area (Å²) in [6.07, 6.45) is 3.98. The molecule has 2 aliphatic heterocycles. The van der Waals surface area contributed by atoms with E-state index in [1.54, 1.807) is 62.4 Å². The number of nitrogens with one attached hydrogen (secondary N) is 2. The summed E-state index contributed by atoms with van der Waals surface area (Å²) in [4.78, 5) is 72.8. The van der Waals surface area contributed by atoms with Crippen molar-refractivity contribution in [3.63, 3.8) is 0 Å². The fourth-order valence-corrected chi connectivity index (χ4v) is 7.31. The number of ether oxygens (including phenoxy) is 1. The molecule has 12 nitrogen and oxygen atoms in total. The van der Waals surface area contributed by atoms with Gasteiger partial charge in [0.05, 0.1) is 11.7 Å². The summed E-state index contributed by atoms with van der Waals surface area (Å²) in [6, 6.07) is 18.7. The van der Waals surface area contributed by atoms with Crippen molar-refractivity contribution >= 4 is 29.7 Å². The first-order valence-corrected chi connectivity index (χ1v) is 19.2. The van der Waals surface area contributed by atoms with Gasteiger partial charge in [0.15, 0.2) is 0 Å². The molecule has 4 aromatic rings. The predicted molar refractivity (Wildman–Crippen MR) is 212 cm³/mol. The fourth-order valence-electron chi connectivity index (χ4n) is 7.31. The van der Waals surface area contributed by atoms with Crippen LogP contribution in [-0.4, -0.2) is 80.9 Å². The van der Waals surface area contributed by atoms with E-state index in [1.165, 1.54) is 12.2 Å². The Morgan fingerprint density at radius 3 is 2.33 bits per heavy atom. The van der Waals surface area contributed by atoms with Crippen LogP contribution in [0, 0.1) is 17.0 Å². The predicted octanol–water partition coefficient (Wildman–Crippen LogP) is 6.53. The Kier molecular flexibility index (Phi) is 12.2. The third-order valence-electron chi connectivity index (χ3n) is 10.2. The molecule has 0 bridgehead atoms. The van der Waals surface area contributed by atoms with Crippen molar-refractivity contribution in [2.45, 2.75) is 71.6 Å². The van der Waals surface area contributed by atoms with Gasteiger partial charge in [-0.3, -0.25) is 24.1 Å². The standard InChI is InChI=1S/C44H48F2N6O6/c1-43(2,3)58-42(57)50-21-19-29(26-50)31-13-9-10-14-32(31)41(56)49-39(44(4,5)24-36(53)47-20-22-52-37(54)17-18-38(52)55)40-48-35(33-23-30(45)15-16-34(33)46)27-51(40)25-28-11-7-6-8-12-28/h6-18,23,27,29,39H,19-22,24-26H2,1-5H3,(H,47,53)(H,49,56)/t29?,39-/m0/s1. The van der Waals surface area contributed by atoms with Crippen molar-refractivity contribution in [2.75, 3.05) is 26.2 Å². The lowest BCUT2D eigenvalue weighted by molar-refractivity contribution is -0.137. The van der Waals surface area contributed by atoms with Crippen molar-refractivity contribution in [2.24, 2.45) is 5.41 Å². The van der Waals surface area contributed by atoms with E-state index in [4.69, 9.17) is 9.72 Å². The highest BCUT2D eigenvalue weighted by Crippen LogP contribution is 2.39. The van der Waals surface area contributed by atoms with Crippen LogP contribution in [0.1, 0.15) is 86.7 Å². The van der Waals surface area contributed by atoms with Gasteiger partial charge in [0.1, 0.15) is 23.1 Å². The molecule has 0 aliphatic carbocycles. The summed E-state index contributed by atoms with van der Waals surface area (Å²) in [5.41, 5.74) is 0.288. The third-order valence-corrected chi connectivity index (χ3v) is 10.2. The van der Waals surface area contributed by atoms with Crippen LogP contribution in [-0.2, 0) is 25.7 Å². The molecular formula is C44H48F2N6O6. The minimum Gasteiger partial charge on any atom is -0.444 e. The minimum absolute atomic E-state index is 0.00576. The van der Waals surface area contributed by atoms with E-state index in [0.29, 0.717) is 30.9 Å². The Hall–Kier alpha value is -6.18. The van der Waals surface area contributed by atoms with Crippen LogP contribution in [0.5, 0.6) is 0 Å². The average molecular weight is 795 g/mol. The molecule has 5 amide bonds. The molecule has 2 aliphatic rings. The van der Waals surface area contributed by atoms with Gasteiger partial charge >= 0.3 is 6.09 Å². The first-order valence-electron chi connectivity index (χ1n) is 19.2. The molecule has 1 saturated heterocycles. The van der Waals surface area contributed by atoms with Crippen molar-refractivity contribution in [3.8, 4) is 11.3 Å². The molecule has 2 atom stereocenters. The van der Waals surface area contributed by atoms with Gasteiger partial charge in [0, 0.05) is 80.0 Å². The van der Waals surface area contributed by atoms with E-state index in [2.05, 4.69) is 10.6 Å². The molecule has 6 rings (SSSR count). The molecule has 2 N–H and O–H groups in total. The molecule has 0 saturated carbocycles. The molecule has 0 radical (unpaired) electrons. The number of carbonyl (C=O) groups is 5. The normalized spacial score (nSPS) is 16.2. The van der Waals surface area contributed by atoms with E-state index in [1.807, 2.05) is 42.5 Å². The lowest BCUT2D eigenvalue weighted by Crippen LogP contribution is -2.44. The minimum atomic E-state index is -1.08. The zero-order valence-electron chi connectivity index (χ0n) is 33.3. The first kappa shape index (κ1) is 41.5. The number of halogens is 2. The van der Waals surface area contributed by atoms with Crippen LogP contribution in [0.3, 0.4) is 0 Å². The lowest BCUT2D eigenvalue weighted by atomic mass is 9.79. The summed E-state index contributed by atoms with van der Waals surface area (Å²) >= 11 is 0. The third kappa shape index (κ3) is 9.85. The van der Waals surface area contributed by atoms with Gasteiger partial charge in [0.2, 0.25) is 5.91 Å². The maximum atomic E-state index is 15.3. The number of rotatable bonds is 13. The number of amides is 5. The number of hydrogen-bond donors (Lipinski definition) is 2. The van der Waals surface area contributed by atoms with Gasteiger partial charge in [-0.25, -0.2) is 18.6 Å². The second-order valence-corrected chi connectivity index (χ2v) is 16.3. The first-order chi connectivity index (χ1) is 27.5. The van der Waals surface area contributed by atoms with E-state index >= 15 is 4.39 Å². The van der Waals surface area contributed by atoms with Gasteiger partial charge in [-0.2, -0.15) is 0 Å². The second kappa shape index (κ2) is 17.1. The van der Waals surface area contributed by atoms with Crippen molar-refractivity contribution in [1.29, 1.82) is 0 Å². The Bertz CT molecular complexity index is 2210. The number of hydrogen-bond acceptors (Lipinski definition) is 7. The van der Waals surface area contributed by atoms with E-state index in [9.17, 15) is 28.4 Å². The quantitative estimate of drug-likeness (QED) is 0.147. The van der Waals surface area contributed by atoms with Crippen LogP contribution >= 0.6 is 0 Å². The summed E-state index contributed by atoms with van der Waals surface area (Å²) in [5.74, 6) is -3.02. The smallest absolute Gasteiger partial charge is 0.410 e. The number of nitrogens with zero attached hydrogens (tertiary/aromatic N) is 4. The highest BCUT2D eigenvalue weighted by molar-refractivity contribution is 6.12.